The Hall–Kier alpha value is -0.570. The lowest BCUT2D eigenvalue weighted by Crippen LogP contribution is -2.55. The van der Waals surface area contributed by atoms with Crippen molar-refractivity contribution in [3.8, 4) is 0 Å². The van der Waals surface area contributed by atoms with Crippen LogP contribution < -0.4 is 0 Å². The zero-order chi connectivity index (χ0) is 8.43. The predicted molar refractivity (Wildman–Crippen MR) is 42.5 cm³/mol. The molecule has 2 atom stereocenters. The van der Waals surface area contributed by atoms with E-state index in [1.807, 2.05) is 4.90 Å². The molecule has 3 heteroatoms. The molecule has 1 saturated heterocycles. The van der Waals surface area contributed by atoms with Gasteiger partial charge < -0.3 is 5.11 Å². The number of nitrogens with zero attached hydrogens (tertiary/aromatic N) is 1. The fourth-order valence-electron chi connectivity index (χ4n) is 1.43. The van der Waals surface area contributed by atoms with Crippen LogP contribution in [-0.2, 0) is 4.79 Å². The molecule has 0 aromatic heterocycles. The molecule has 0 spiro atoms. The standard InChI is InChI=1S/C8H15NO2/c1-3-6(2)9-5-4-7(9)8(10)11/h6-7H,3-5H2,1-2H3,(H,10,11). The van der Waals surface area contributed by atoms with Crippen molar-refractivity contribution in [1.29, 1.82) is 0 Å². The molecular formula is C8H15NO2. The first-order chi connectivity index (χ1) is 5.16. The van der Waals surface area contributed by atoms with Gasteiger partial charge in [0.1, 0.15) is 6.04 Å². The number of carboxylic acids is 1. The number of aliphatic carboxylic acids is 1. The van der Waals surface area contributed by atoms with Gasteiger partial charge in [-0.15, -0.1) is 0 Å². The van der Waals surface area contributed by atoms with E-state index in [-0.39, 0.29) is 6.04 Å². The molecule has 1 N–H and O–H groups in total. The SMILES string of the molecule is CCC(C)N1CCC1C(=O)O. The number of rotatable bonds is 3. The second kappa shape index (κ2) is 3.22. The molecule has 0 aromatic rings. The minimum absolute atomic E-state index is 0.204. The third kappa shape index (κ3) is 1.53. The molecule has 0 bridgehead atoms. The van der Waals surface area contributed by atoms with Gasteiger partial charge >= 0.3 is 5.97 Å². The monoisotopic (exact) mass is 157 g/mol. The molecule has 1 aliphatic rings. The van der Waals surface area contributed by atoms with Crippen molar-refractivity contribution in [1.82, 2.24) is 4.90 Å². The minimum Gasteiger partial charge on any atom is -0.480 e. The van der Waals surface area contributed by atoms with E-state index in [2.05, 4.69) is 13.8 Å². The summed E-state index contributed by atoms with van der Waals surface area (Å²) in [6.45, 7) is 5.11. The third-order valence-electron chi connectivity index (χ3n) is 2.50. The summed E-state index contributed by atoms with van der Waals surface area (Å²) in [7, 11) is 0. The molecular weight excluding hydrogens is 142 g/mol. The van der Waals surface area contributed by atoms with Crippen molar-refractivity contribution in [3.63, 3.8) is 0 Å². The smallest absolute Gasteiger partial charge is 0.320 e. The second-order valence-corrected chi connectivity index (χ2v) is 3.14. The van der Waals surface area contributed by atoms with Gasteiger partial charge in [0, 0.05) is 12.6 Å². The van der Waals surface area contributed by atoms with Crippen molar-refractivity contribution >= 4 is 5.97 Å². The average Bonchev–Trinajstić information content (AvgIpc) is 1.83. The van der Waals surface area contributed by atoms with E-state index in [9.17, 15) is 4.79 Å². The summed E-state index contributed by atoms with van der Waals surface area (Å²) < 4.78 is 0. The molecule has 1 heterocycles. The van der Waals surface area contributed by atoms with E-state index in [1.54, 1.807) is 0 Å². The molecule has 64 valence electrons. The number of carboxylic acid groups (broad SMARTS) is 1. The highest BCUT2D eigenvalue weighted by Gasteiger charge is 2.36. The highest BCUT2D eigenvalue weighted by atomic mass is 16.4. The zero-order valence-electron chi connectivity index (χ0n) is 7.08. The Morgan fingerprint density at radius 1 is 1.82 bits per heavy atom. The molecule has 2 unspecified atom stereocenters. The van der Waals surface area contributed by atoms with Crippen molar-refractivity contribution in [3.05, 3.63) is 0 Å². The summed E-state index contributed by atoms with van der Waals surface area (Å²) in [5, 5.41) is 8.71. The van der Waals surface area contributed by atoms with Crippen molar-refractivity contribution in [2.45, 2.75) is 38.8 Å². The van der Waals surface area contributed by atoms with Gasteiger partial charge in [-0.05, 0) is 19.8 Å². The van der Waals surface area contributed by atoms with E-state index in [0.717, 1.165) is 19.4 Å². The average molecular weight is 157 g/mol. The van der Waals surface area contributed by atoms with Gasteiger partial charge in [0.2, 0.25) is 0 Å². The van der Waals surface area contributed by atoms with Crippen LogP contribution >= 0.6 is 0 Å². The normalized spacial score (nSPS) is 27.6. The lowest BCUT2D eigenvalue weighted by Gasteiger charge is -2.42. The summed E-state index contributed by atoms with van der Waals surface area (Å²) >= 11 is 0. The minimum atomic E-state index is -0.670. The van der Waals surface area contributed by atoms with Gasteiger partial charge in [0.15, 0.2) is 0 Å². The van der Waals surface area contributed by atoms with Crippen LogP contribution in [0.15, 0.2) is 0 Å². The fraction of sp³-hybridized carbons (Fsp3) is 0.875. The molecule has 0 radical (unpaired) electrons. The van der Waals surface area contributed by atoms with E-state index in [0.29, 0.717) is 6.04 Å². The quantitative estimate of drug-likeness (QED) is 0.663. The Morgan fingerprint density at radius 2 is 2.45 bits per heavy atom. The lowest BCUT2D eigenvalue weighted by atomic mass is 9.99. The molecule has 1 aliphatic heterocycles. The third-order valence-corrected chi connectivity index (χ3v) is 2.50. The van der Waals surface area contributed by atoms with Crippen molar-refractivity contribution in [2.24, 2.45) is 0 Å². The van der Waals surface area contributed by atoms with Gasteiger partial charge in [0.05, 0.1) is 0 Å². The molecule has 0 amide bonds. The Balaban J connectivity index is 2.42. The Morgan fingerprint density at radius 3 is 2.73 bits per heavy atom. The maximum atomic E-state index is 10.6. The maximum absolute atomic E-state index is 10.6. The van der Waals surface area contributed by atoms with Crippen LogP contribution in [0.2, 0.25) is 0 Å². The second-order valence-electron chi connectivity index (χ2n) is 3.14. The first kappa shape index (κ1) is 8.53. The van der Waals surface area contributed by atoms with Gasteiger partial charge in [-0.3, -0.25) is 9.69 Å². The van der Waals surface area contributed by atoms with Crippen LogP contribution in [-0.4, -0.2) is 34.6 Å². The summed E-state index contributed by atoms with van der Waals surface area (Å²) in [5.41, 5.74) is 0. The number of likely N-dealkylation sites (tertiary alicyclic amines) is 1. The first-order valence-electron chi connectivity index (χ1n) is 4.15. The molecule has 11 heavy (non-hydrogen) atoms. The van der Waals surface area contributed by atoms with Crippen LogP contribution in [0.25, 0.3) is 0 Å². The van der Waals surface area contributed by atoms with E-state index in [1.165, 1.54) is 0 Å². The zero-order valence-corrected chi connectivity index (χ0v) is 7.08. The molecule has 1 fully saturated rings. The highest BCUT2D eigenvalue weighted by molar-refractivity contribution is 5.74. The van der Waals surface area contributed by atoms with Gasteiger partial charge in [-0.25, -0.2) is 0 Å². The number of hydrogen-bond acceptors (Lipinski definition) is 2. The van der Waals surface area contributed by atoms with E-state index < -0.39 is 5.97 Å². The summed E-state index contributed by atoms with van der Waals surface area (Å²) in [4.78, 5) is 12.6. The van der Waals surface area contributed by atoms with E-state index in [4.69, 9.17) is 5.11 Å². The van der Waals surface area contributed by atoms with Gasteiger partial charge in [-0.1, -0.05) is 6.92 Å². The molecule has 3 nitrogen and oxygen atoms in total. The van der Waals surface area contributed by atoms with E-state index >= 15 is 0 Å². The predicted octanol–water partition coefficient (Wildman–Crippen LogP) is 0.944. The van der Waals surface area contributed by atoms with Crippen LogP contribution in [0.1, 0.15) is 26.7 Å². The molecule has 1 rings (SSSR count). The molecule has 0 aromatic carbocycles. The Bertz CT molecular complexity index is 158. The van der Waals surface area contributed by atoms with Crippen LogP contribution in [0.3, 0.4) is 0 Å². The number of hydrogen-bond donors (Lipinski definition) is 1. The number of carbonyl (C=O) groups is 1. The molecule has 0 saturated carbocycles. The Labute approximate surface area is 67.0 Å². The fourth-order valence-corrected chi connectivity index (χ4v) is 1.43. The summed E-state index contributed by atoms with van der Waals surface area (Å²) in [6, 6.07) is 0.217. The highest BCUT2D eigenvalue weighted by Crippen LogP contribution is 2.21. The van der Waals surface area contributed by atoms with Crippen molar-refractivity contribution < 1.29 is 9.90 Å². The lowest BCUT2D eigenvalue weighted by molar-refractivity contribution is -0.149. The van der Waals surface area contributed by atoms with Crippen LogP contribution in [0, 0.1) is 0 Å². The maximum Gasteiger partial charge on any atom is 0.320 e. The summed E-state index contributed by atoms with van der Waals surface area (Å²) in [5.74, 6) is -0.670. The van der Waals surface area contributed by atoms with Crippen molar-refractivity contribution in [2.75, 3.05) is 6.54 Å². The van der Waals surface area contributed by atoms with Gasteiger partial charge in [0.25, 0.3) is 0 Å². The van der Waals surface area contributed by atoms with Crippen LogP contribution in [0.4, 0.5) is 0 Å². The van der Waals surface area contributed by atoms with Gasteiger partial charge in [-0.2, -0.15) is 0 Å². The Kier molecular flexibility index (Phi) is 2.49. The largest absolute Gasteiger partial charge is 0.480 e. The first-order valence-corrected chi connectivity index (χ1v) is 4.15. The van der Waals surface area contributed by atoms with Crippen LogP contribution in [0.5, 0.6) is 0 Å². The molecule has 0 aliphatic carbocycles. The topological polar surface area (TPSA) is 40.5 Å². The summed E-state index contributed by atoms with van der Waals surface area (Å²) in [6.07, 6.45) is 1.85.